The molecule has 1 aromatic carbocycles. The van der Waals surface area contributed by atoms with E-state index in [1.54, 1.807) is 0 Å². The fourth-order valence-electron chi connectivity index (χ4n) is 1.18. The van der Waals surface area contributed by atoms with Crippen LogP contribution in [0.1, 0.15) is 15.9 Å². The molecule has 0 aliphatic heterocycles. The van der Waals surface area contributed by atoms with Crippen molar-refractivity contribution in [1.29, 1.82) is 0 Å². The van der Waals surface area contributed by atoms with Crippen molar-refractivity contribution in [1.82, 2.24) is 0 Å². The Bertz CT molecular complexity index is 429. The average Bonchev–Trinajstić information content (AvgIpc) is 2.14. The minimum Gasteiger partial charge on any atom is -0.496 e. The Morgan fingerprint density at radius 3 is 2.38 bits per heavy atom. The summed E-state index contributed by atoms with van der Waals surface area (Å²) in [6.07, 6.45) is -4.69. The summed E-state index contributed by atoms with van der Waals surface area (Å²) >= 11 is 0. The van der Waals surface area contributed by atoms with E-state index in [0.29, 0.717) is 6.07 Å². The predicted molar refractivity (Wildman–Crippen MR) is 49.4 cm³/mol. The van der Waals surface area contributed by atoms with Crippen molar-refractivity contribution >= 4 is 11.7 Å². The number of hydrogen-bond donors (Lipinski definition) is 2. The third-order valence-electron chi connectivity index (χ3n) is 1.91. The van der Waals surface area contributed by atoms with Gasteiger partial charge < -0.3 is 15.6 Å². The van der Waals surface area contributed by atoms with Crippen LogP contribution in [0.15, 0.2) is 12.1 Å². The summed E-state index contributed by atoms with van der Waals surface area (Å²) in [4.78, 5) is 10.7. The first-order valence-electron chi connectivity index (χ1n) is 4.05. The van der Waals surface area contributed by atoms with Crippen molar-refractivity contribution < 1.29 is 27.8 Å². The van der Waals surface area contributed by atoms with Crippen molar-refractivity contribution in [3.05, 3.63) is 23.3 Å². The van der Waals surface area contributed by atoms with E-state index in [1.165, 1.54) is 0 Å². The second-order valence-electron chi connectivity index (χ2n) is 2.94. The summed E-state index contributed by atoms with van der Waals surface area (Å²) in [5.41, 5.74) is 2.82. The van der Waals surface area contributed by atoms with E-state index in [-0.39, 0.29) is 5.75 Å². The number of carboxylic acid groups (broad SMARTS) is 1. The summed E-state index contributed by atoms with van der Waals surface area (Å²) in [5, 5.41) is 8.69. The molecule has 1 rings (SSSR count). The molecular formula is C9H8F3NO3. The highest BCUT2D eigenvalue weighted by Crippen LogP contribution is 2.37. The number of nitrogen functional groups attached to an aromatic ring is 1. The van der Waals surface area contributed by atoms with E-state index >= 15 is 0 Å². The fraction of sp³-hybridized carbons (Fsp3) is 0.222. The summed E-state index contributed by atoms with van der Waals surface area (Å²) < 4.78 is 41.9. The van der Waals surface area contributed by atoms with Crippen molar-refractivity contribution in [3.8, 4) is 5.75 Å². The molecular weight excluding hydrogens is 227 g/mol. The van der Waals surface area contributed by atoms with Gasteiger partial charge in [0.1, 0.15) is 11.3 Å². The van der Waals surface area contributed by atoms with Gasteiger partial charge in [0.05, 0.1) is 12.7 Å². The molecule has 0 heterocycles. The van der Waals surface area contributed by atoms with Gasteiger partial charge in [-0.15, -0.1) is 0 Å². The molecule has 88 valence electrons. The molecule has 0 bridgehead atoms. The lowest BCUT2D eigenvalue weighted by molar-refractivity contribution is -0.136. The molecule has 16 heavy (non-hydrogen) atoms. The van der Waals surface area contributed by atoms with E-state index in [1.807, 2.05) is 0 Å². The number of benzene rings is 1. The number of carbonyl (C=O) groups is 1. The zero-order chi connectivity index (χ0) is 12.5. The highest BCUT2D eigenvalue weighted by Gasteiger charge is 2.34. The Balaban J connectivity index is 3.45. The van der Waals surface area contributed by atoms with E-state index in [2.05, 4.69) is 4.74 Å². The maximum atomic E-state index is 12.4. The maximum Gasteiger partial charge on any atom is 0.418 e. The van der Waals surface area contributed by atoms with E-state index < -0.39 is 29.0 Å². The minimum absolute atomic E-state index is 0.210. The number of anilines is 1. The number of aromatic carboxylic acids is 1. The number of alkyl halides is 3. The maximum absolute atomic E-state index is 12.4. The number of nitrogens with two attached hydrogens (primary N) is 1. The van der Waals surface area contributed by atoms with Crippen molar-refractivity contribution in [2.75, 3.05) is 12.8 Å². The predicted octanol–water partition coefficient (Wildman–Crippen LogP) is 1.99. The summed E-state index contributed by atoms with van der Waals surface area (Å²) in [5.74, 6) is -1.72. The van der Waals surface area contributed by atoms with Gasteiger partial charge in [-0.1, -0.05) is 0 Å². The Hall–Kier alpha value is -1.92. The van der Waals surface area contributed by atoms with E-state index in [9.17, 15) is 18.0 Å². The van der Waals surface area contributed by atoms with Crippen LogP contribution in [0.5, 0.6) is 5.75 Å². The number of rotatable bonds is 2. The zero-order valence-corrected chi connectivity index (χ0v) is 8.13. The average molecular weight is 235 g/mol. The monoisotopic (exact) mass is 235 g/mol. The fourth-order valence-corrected chi connectivity index (χ4v) is 1.18. The molecule has 0 saturated carbocycles. The Labute approximate surface area is 88.4 Å². The van der Waals surface area contributed by atoms with Gasteiger partial charge in [-0.25, -0.2) is 4.79 Å². The normalized spacial score (nSPS) is 11.2. The van der Waals surface area contributed by atoms with E-state index in [0.717, 1.165) is 13.2 Å². The van der Waals surface area contributed by atoms with Crippen molar-refractivity contribution in [3.63, 3.8) is 0 Å². The van der Waals surface area contributed by atoms with Crippen LogP contribution in [0.3, 0.4) is 0 Å². The van der Waals surface area contributed by atoms with Crippen LogP contribution in [-0.2, 0) is 6.18 Å². The first kappa shape index (κ1) is 12.2. The van der Waals surface area contributed by atoms with Crippen molar-refractivity contribution in [2.24, 2.45) is 0 Å². The first-order chi connectivity index (χ1) is 7.27. The molecule has 7 heteroatoms. The molecule has 1 aromatic rings. The number of hydrogen-bond acceptors (Lipinski definition) is 3. The number of halogens is 3. The molecule has 0 radical (unpaired) electrons. The van der Waals surface area contributed by atoms with Gasteiger partial charge in [0.25, 0.3) is 0 Å². The van der Waals surface area contributed by atoms with Gasteiger partial charge in [-0.05, 0) is 6.07 Å². The van der Waals surface area contributed by atoms with Crippen LogP contribution in [0.25, 0.3) is 0 Å². The van der Waals surface area contributed by atoms with E-state index in [4.69, 9.17) is 10.8 Å². The molecule has 0 spiro atoms. The Morgan fingerprint density at radius 2 is 2.00 bits per heavy atom. The second kappa shape index (κ2) is 3.92. The molecule has 3 N–H and O–H groups in total. The van der Waals surface area contributed by atoms with Crippen molar-refractivity contribution in [2.45, 2.75) is 6.18 Å². The lowest BCUT2D eigenvalue weighted by Gasteiger charge is -2.13. The van der Waals surface area contributed by atoms with Crippen LogP contribution < -0.4 is 10.5 Å². The minimum atomic E-state index is -4.69. The van der Waals surface area contributed by atoms with Gasteiger partial charge in [0.15, 0.2) is 0 Å². The van der Waals surface area contributed by atoms with Gasteiger partial charge in [0.2, 0.25) is 0 Å². The molecule has 0 fully saturated rings. The van der Waals surface area contributed by atoms with Gasteiger partial charge in [-0.2, -0.15) is 13.2 Å². The molecule has 0 unspecified atom stereocenters. The lowest BCUT2D eigenvalue weighted by atomic mass is 10.1. The van der Waals surface area contributed by atoms with Crippen LogP contribution in [-0.4, -0.2) is 18.2 Å². The molecule has 4 nitrogen and oxygen atoms in total. The Kier molecular flexibility index (Phi) is 2.97. The molecule has 0 saturated heterocycles. The molecule has 0 atom stereocenters. The number of ether oxygens (including phenoxy) is 1. The second-order valence-corrected chi connectivity index (χ2v) is 2.94. The standard InChI is InChI=1S/C9H8F3NO3/c1-16-7-3-6(13)5(9(10,11)12)2-4(7)8(14)15/h2-3H,13H2,1H3,(H,14,15). The first-order valence-corrected chi connectivity index (χ1v) is 4.05. The highest BCUT2D eigenvalue weighted by molar-refractivity contribution is 5.92. The lowest BCUT2D eigenvalue weighted by Crippen LogP contribution is -2.12. The van der Waals surface area contributed by atoms with Crippen LogP contribution in [0, 0.1) is 0 Å². The van der Waals surface area contributed by atoms with Gasteiger partial charge in [0, 0.05) is 11.8 Å². The summed E-state index contributed by atoms with van der Waals surface area (Å²) in [6, 6.07) is 1.29. The van der Waals surface area contributed by atoms with Gasteiger partial charge in [-0.3, -0.25) is 0 Å². The quantitative estimate of drug-likeness (QED) is 0.769. The van der Waals surface area contributed by atoms with Crippen LogP contribution in [0.2, 0.25) is 0 Å². The molecule has 0 aliphatic rings. The van der Waals surface area contributed by atoms with Crippen LogP contribution in [0.4, 0.5) is 18.9 Å². The summed E-state index contributed by atoms with van der Waals surface area (Å²) in [6.45, 7) is 0. The van der Waals surface area contributed by atoms with Crippen LogP contribution >= 0.6 is 0 Å². The zero-order valence-electron chi connectivity index (χ0n) is 8.13. The molecule has 0 amide bonds. The number of carboxylic acids is 1. The largest absolute Gasteiger partial charge is 0.496 e. The third kappa shape index (κ3) is 2.18. The SMILES string of the molecule is COc1cc(N)c(C(F)(F)F)cc1C(=O)O. The third-order valence-corrected chi connectivity index (χ3v) is 1.91. The summed E-state index contributed by atoms with van der Waals surface area (Å²) in [7, 11) is 1.15. The smallest absolute Gasteiger partial charge is 0.418 e. The Morgan fingerprint density at radius 1 is 1.44 bits per heavy atom. The number of methoxy groups -OCH3 is 1. The molecule has 0 aliphatic carbocycles. The molecule has 0 aromatic heterocycles. The topological polar surface area (TPSA) is 72.5 Å². The van der Waals surface area contributed by atoms with Gasteiger partial charge >= 0.3 is 12.1 Å². The highest BCUT2D eigenvalue weighted by atomic mass is 19.4.